The van der Waals surface area contributed by atoms with Crippen molar-refractivity contribution in [2.75, 3.05) is 0 Å². The molecule has 2 N–H and O–H groups in total. The first-order valence-corrected chi connectivity index (χ1v) is 14.2. The number of carboxylic acid groups (broad SMARTS) is 2. The van der Waals surface area contributed by atoms with Gasteiger partial charge in [-0.15, -0.1) is 0 Å². The van der Waals surface area contributed by atoms with Crippen molar-refractivity contribution in [2.24, 2.45) is 9.98 Å². The molecule has 4 rings (SSSR count). The molecule has 0 aliphatic heterocycles. The van der Waals surface area contributed by atoms with E-state index in [-0.39, 0.29) is 40.1 Å². The zero-order chi connectivity index (χ0) is 33.1. The molecule has 0 unspecified atom stereocenters. The van der Waals surface area contributed by atoms with E-state index in [1.165, 1.54) is 0 Å². The number of carboxylic acids is 2. The Morgan fingerprint density at radius 1 is 0.689 bits per heavy atom. The Morgan fingerprint density at radius 3 is 1.33 bits per heavy atom. The maximum atomic E-state index is 10.8. The summed E-state index contributed by atoms with van der Waals surface area (Å²) in [6.45, 7) is 14.3. The van der Waals surface area contributed by atoms with Crippen molar-refractivity contribution in [1.82, 2.24) is 0 Å². The summed E-state index contributed by atoms with van der Waals surface area (Å²) >= 11 is 0. The van der Waals surface area contributed by atoms with Crippen LogP contribution in [0.2, 0.25) is 0 Å². The molecule has 0 amide bonds. The fourth-order valence-corrected chi connectivity index (χ4v) is 4.54. The van der Waals surface area contributed by atoms with E-state index in [0.717, 1.165) is 58.2 Å². The van der Waals surface area contributed by atoms with Crippen LogP contribution < -0.4 is 10.2 Å². The Morgan fingerprint density at radius 2 is 1.02 bits per heavy atom. The van der Waals surface area contributed by atoms with Gasteiger partial charge in [-0.3, -0.25) is 9.98 Å². The molecule has 0 aliphatic rings. The second kappa shape index (κ2) is 17.7. The molecule has 0 aliphatic carbocycles. The average molecular weight is 656 g/mol. The monoisotopic (exact) mass is 655 g/mol. The number of benzene rings is 4. The molecule has 239 valence electrons. The quantitative estimate of drug-likeness (QED) is 0.239. The van der Waals surface area contributed by atoms with Crippen molar-refractivity contribution in [2.45, 2.75) is 67.2 Å². The van der Waals surface area contributed by atoms with Crippen molar-refractivity contribution < 1.29 is 46.8 Å². The average Bonchev–Trinajstić information content (AvgIpc) is 2.92. The first-order chi connectivity index (χ1) is 20.6. The Balaban J connectivity index is 0.00000101. The van der Waals surface area contributed by atoms with Crippen LogP contribution >= 0.6 is 0 Å². The van der Waals surface area contributed by atoms with Crippen molar-refractivity contribution in [3.05, 3.63) is 94.0 Å². The number of hydrogen-bond acceptors (Lipinski definition) is 8. The summed E-state index contributed by atoms with van der Waals surface area (Å²) in [4.78, 5) is 27.3. The second-order valence-corrected chi connectivity index (χ2v) is 11.0. The van der Waals surface area contributed by atoms with Gasteiger partial charge in [0.15, 0.2) is 0 Å². The predicted molar refractivity (Wildman–Crippen MR) is 174 cm³/mol. The van der Waals surface area contributed by atoms with Gasteiger partial charge in [0.05, 0.1) is 11.4 Å². The summed E-state index contributed by atoms with van der Waals surface area (Å²) in [7, 11) is 0. The van der Waals surface area contributed by atoms with Gasteiger partial charge in [-0.2, -0.15) is 0 Å². The van der Waals surface area contributed by atoms with E-state index in [1.54, 1.807) is 12.4 Å². The van der Waals surface area contributed by atoms with Crippen LogP contribution in [0.4, 0.5) is 11.4 Å². The minimum atomic E-state index is -1.08. The third kappa shape index (κ3) is 11.5. The minimum Gasteiger partial charge on any atom is -0.550 e. The number of phenols is 2. The summed E-state index contributed by atoms with van der Waals surface area (Å²) in [5.74, 6) is -1.20. The molecule has 4 aromatic rings. The number of carbonyl (C=O) groups is 2. The fraction of sp³-hybridized carbons (Fsp3) is 0.278. The van der Waals surface area contributed by atoms with Gasteiger partial charge in [0.2, 0.25) is 0 Å². The summed E-state index contributed by atoms with van der Waals surface area (Å²) in [5.41, 5.74) is 6.92. The van der Waals surface area contributed by atoms with Crippen molar-refractivity contribution >= 4 is 46.5 Å². The van der Waals surface area contributed by atoms with Crippen LogP contribution in [0.15, 0.2) is 70.6 Å². The van der Waals surface area contributed by atoms with E-state index in [0.29, 0.717) is 11.1 Å². The Kier molecular flexibility index (Phi) is 15.2. The topological polar surface area (TPSA) is 145 Å². The van der Waals surface area contributed by atoms with Gasteiger partial charge in [-0.1, -0.05) is 64.1 Å². The van der Waals surface area contributed by atoms with Gasteiger partial charge in [0, 0.05) is 40.9 Å². The number of carbonyl (C=O) groups excluding carboxylic acids is 2. The maximum Gasteiger partial charge on any atom is 2.00 e. The van der Waals surface area contributed by atoms with Gasteiger partial charge in [0.1, 0.15) is 11.5 Å². The van der Waals surface area contributed by atoms with Crippen LogP contribution in [0.5, 0.6) is 11.5 Å². The number of aliphatic carboxylic acids is 2. The largest absolute Gasteiger partial charge is 2.00 e. The van der Waals surface area contributed by atoms with Gasteiger partial charge < -0.3 is 30.0 Å². The van der Waals surface area contributed by atoms with E-state index in [1.807, 2.05) is 74.5 Å². The predicted octanol–water partition coefficient (Wildman–Crippen LogP) is 6.13. The Bertz CT molecular complexity index is 1570. The minimum absolute atomic E-state index is 0. The molecule has 9 heteroatoms. The zero-order valence-electron chi connectivity index (χ0n) is 26.8. The SMILES string of the molecule is CC(=O)[O-].CC(=O)[O-].Cc1cc(C=Nc2cccc3cccc(N=Cc4cc(C)cc(C(C)C)c4O)c23)c(O)c(C(C)C)c1.[Co+2]. The van der Waals surface area contributed by atoms with Crippen LogP contribution in [-0.2, 0) is 26.4 Å². The van der Waals surface area contributed by atoms with Crippen LogP contribution in [0.25, 0.3) is 10.8 Å². The Labute approximate surface area is 275 Å². The molecule has 8 nitrogen and oxygen atoms in total. The molecule has 0 atom stereocenters. The van der Waals surface area contributed by atoms with Crippen molar-refractivity contribution in [3.8, 4) is 11.5 Å². The van der Waals surface area contributed by atoms with E-state index in [2.05, 4.69) is 27.7 Å². The summed E-state index contributed by atoms with van der Waals surface area (Å²) in [6, 6.07) is 19.9. The first-order valence-electron chi connectivity index (χ1n) is 14.2. The standard InChI is InChI=1S/C32H34N2O2.2C2H4O2.Co/c1-19(2)26-15-21(5)13-24(31(26)35)17-33-28-11-7-9-23-10-8-12-29(30(23)28)34-18-25-14-22(6)16-27(20(3)4)32(25)36;2*1-2(3)4;/h7-20,35-36H,1-6H3;2*1H3,(H,3,4);/q;;;+2/p-2. The summed E-state index contributed by atoms with van der Waals surface area (Å²) in [5, 5.41) is 41.3. The maximum absolute atomic E-state index is 10.8. The summed E-state index contributed by atoms with van der Waals surface area (Å²) in [6.07, 6.45) is 3.45. The molecule has 45 heavy (non-hydrogen) atoms. The number of nitrogens with zero attached hydrogens (tertiary/aromatic N) is 2. The number of aliphatic imine (C=N–C) groups is 2. The van der Waals surface area contributed by atoms with E-state index < -0.39 is 11.9 Å². The normalized spacial score (nSPS) is 10.8. The number of phenolic OH excluding ortho intramolecular Hbond substituents is 2. The number of aromatic hydroxyl groups is 2. The molecule has 0 aromatic heterocycles. The third-order valence-corrected chi connectivity index (χ3v) is 6.42. The molecule has 0 fully saturated rings. The molecule has 0 bridgehead atoms. The van der Waals surface area contributed by atoms with Crippen molar-refractivity contribution in [1.29, 1.82) is 0 Å². The molecular weight excluding hydrogens is 615 g/mol. The smallest absolute Gasteiger partial charge is 0.550 e. The van der Waals surface area contributed by atoms with Crippen molar-refractivity contribution in [3.63, 3.8) is 0 Å². The molecular formula is C36H40CoN2O6. The number of rotatable bonds is 6. The number of fused-ring (bicyclic) bond motifs is 1. The number of aryl methyl sites for hydroxylation is 2. The van der Waals surface area contributed by atoms with Crippen LogP contribution in [-0.4, -0.2) is 34.6 Å². The van der Waals surface area contributed by atoms with Gasteiger partial charge in [-0.05, 0) is 91.4 Å². The van der Waals surface area contributed by atoms with Crippen LogP contribution in [0, 0.1) is 13.8 Å². The molecule has 0 spiro atoms. The molecule has 1 radical (unpaired) electrons. The van der Waals surface area contributed by atoms with E-state index >= 15 is 0 Å². The zero-order valence-corrected chi connectivity index (χ0v) is 27.9. The van der Waals surface area contributed by atoms with Gasteiger partial charge >= 0.3 is 16.8 Å². The molecule has 4 aromatic carbocycles. The van der Waals surface area contributed by atoms with Gasteiger partial charge in [0.25, 0.3) is 0 Å². The fourth-order valence-electron chi connectivity index (χ4n) is 4.54. The van der Waals surface area contributed by atoms with Crippen LogP contribution in [0.3, 0.4) is 0 Å². The van der Waals surface area contributed by atoms with Gasteiger partial charge in [-0.25, -0.2) is 0 Å². The number of hydrogen-bond donors (Lipinski definition) is 2. The third-order valence-electron chi connectivity index (χ3n) is 6.42. The molecule has 0 heterocycles. The Hall–Kier alpha value is -4.47. The second-order valence-electron chi connectivity index (χ2n) is 11.0. The first kappa shape index (κ1) is 38.6. The summed E-state index contributed by atoms with van der Waals surface area (Å²) < 4.78 is 0. The van der Waals surface area contributed by atoms with Crippen LogP contribution in [0.1, 0.15) is 86.8 Å². The molecule has 0 saturated carbocycles. The van der Waals surface area contributed by atoms with E-state index in [9.17, 15) is 10.2 Å². The van der Waals surface area contributed by atoms with E-state index in [4.69, 9.17) is 29.8 Å². The molecule has 0 saturated heterocycles.